The normalized spacial score (nSPS) is 11.2. The number of aromatic nitrogens is 2. The first-order valence-electron chi connectivity index (χ1n) is 6.67. The van der Waals surface area contributed by atoms with Gasteiger partial charge in [0.1, 0.15) is 6.61 Å². The van der Waals surface area contributed by atoms with Crippen LogP contribution >= 0.6 is 0 Å². The highest BCUT2D eigenvalue weighted by atomic mass is 19.4. The number of benzene rings is 1. The Morgan fingerprint density at radius 3 is 2.33 bits per heavy atom. The number of ether oxygens (including phenoxy) is 2. The summed E-state index contributed by atoms with van der Waals surface area (Å²) in [6.07, 6.45) is -4.41. The molecular formula is C15H13F3N2O4. The van der Waals surface area contributed by atoms with E-state index in [1.165, 1.54) is 26.2 Å². The number of hydrogen-bond acceptors (Lipinski definition) is 5. The van der Waals surface area contributed by atoms with Crippen molar-refractivity contribution in [2.75, 3.05) is 7.11 Å². The summed E-state index contributed by atoms with van der Waals surface area (Å²) < 4.78 is 47.7. The third-order valence-electron chi connectivity index (χ3n) is 3.12. The van der Waals surface area contributed by atoms with Crippen molar-refractivity contribution in [1.29, 1.82) is 0 Å². The predicted molar refractivity (Wildman–Crippen MR) is 76.1 cm³/mol. The third-order valence-corrected chi connectivity index (χ3v) is 3.12. The summed E-state index contributed by atoms with van der Waals surface area (Å²) in [6, 6.07) is 4.24. The molecule has 0 aliphatic heterocycles. The van der Waals surface area contributed by atoms with Crippen LogP contribution in [0.25, 0.3) is 0 Å². The number of hydrogen-bond donors (Lipinski definition) is 1. The van der Waals surface area contributed by atoms with Gasteiger partial charge in [0.25, 0.3) is 0 Å². The first kappa shape index (κ1) is 17.5. The van der Waals surface area contributed by atoms with Gasteiger partial charge in [-0.15, -0.1) is 0 Å². The first-order valence-corrected chi connectivity index (χ1v) is 6.67. The van der Waals surface area contributed by atoms with E-state index in [4.69, 9.17) is 14.6 Å². The van der Waals surface area contributed by atoms with Gasteiger partial charge in [0.2, 0.25) is 5.88 Å². The van der Waals surface area contributed by atoms with Crippen LogP contribution in [0.4, 0.5) is 13.2 Å². The molecule has 0 saturated heterocycles. The molecule has 128 valence electrons. The molecule has 0 spiro atoms. The van der Waals surface area contributed by atoms with E-state index in [9.17, 15) is 18.0 Å². The van der Waals surface area contributed by atoms with E-state index < -0.39 is 17.7 Å². The van der Waals surface area contributed by atoms with Gasteiger partial charge in [-0.05, 0) is 24.6 Å². The number of carboxylic acids is 1. The van der Waals surface area contributed by atoms with Crippen molar-refractivity contribution < 1.29 is 32.5 Å². The fourth-order valence-corrected chi connectivity index (χ4v) is 1.86. The fourth-order valence-electron chi connectivity index (χ4n) is 1.86. The topological polar surface area (TPSA) is 81.5 Å². The fraction of sp³-hybridized carbons (Fsp3) is 0.267. The van der Waals surface area contributed by atoms with Crippen molar-refractivity contribution in [1.82, 2.24) is 9.97 Å². The minimum atomic E-state index is -4.41. The molecule has 0 saturated carbocycles. The van der Waals surface area contributed by atoms with Crippen LogP contribution in [0.5, 0.6) is 11.9 Å². The van der Waals surface area contributed by atoms with E-state index in [2.05, 4.69) is 9.97 Å². The molecule has 0 aliphatic rings. The average Bonchev–Trinajstić information content (AvgIpc) is 2.53. The number of halogens is 3. The van der Waals surface area contributed by atoms with Gasteiger partial charge >= 0.3 is 18.2 Å². The number of alkyl halides is 3. The van der Waals surface area contributed by atoms with Crippen molar-refractivity contribution in [3.63, 3.8) is 0 Å². The maximum Gasteiger partial charge on any atom is 0.416 e. The maximum atomic E-state index is 12.5. The molecule has 1 aromatic carbocycles. The lowest BCUT2D eigenvalue weighted by Gasteiger charge is -2.12. The summed E-state index contributed by atoms with van der Waals surface area (Å²) >= 11 is 0. The van der Waals surface area contributed by atoms with Gasteiger partial charge in [0.15, 0.2) is 5.69 Å². The molecule has 24 heavy (non-hydrogen) atoms. The van der Waals surface area contributed by atoms with E-state index in [-0.39, 0.29) is 29.8 Å². The zero-order valence-corrected chi connectivity index (χ0v) is 12.7. The lowest BCUT2D eigenvalue weighted by Crippen LogP contribution is -2.10. The quantitative estimate of drug-likeness (QED) is 0.899. The highest BCUT2D eigenvalue weighted by Crippen LogP contribution is 2.29. The third kappa shape index (κ3) is 3.92. The van der Waals surface area contributed by atoms with Crippen LogP contribution < -0.4 is 9.47 Å². The van der Waals surface area contributed by atoms with Gasteiger partial charge < -0.3 is 14.6 Å². The molecule has 1 N–H and O–H groups in total. The molecule has 0 fully saturated rings. The number of nitrogens with zero attached hydrogens (tertiary/aromatic N) is 2. The summed E-state index contributed by atoms with van der Waals surface area (Å²) in [5, 5.41) is 9.09. The van der Waals surface area contributed by atoms with Crippen molar-refractivity contribution in [3.8, 4) is 11.9 Å². The van der Waals surface area contributed by atoms with Crippen molar-refractivity contribution >= 4 is 5.97 Å². The average molecular weight is 342 g/mol. The van der Waals surface area contributed by atoms with Gasteiger partial charge in [-0.3, -0.25) is 0 Å². The second-order valence-electron chi connectivity index (χ2n) is 4.78. The molecule has 0 aliphatic carbocycles. The second-order valence-corrected chi connectivity index (χ2v) is 4.78. The lowest BCUT2D eigenvalue weighted by atomic mass is 10.1. The molecule has 0 radical (unpaired) electrons. The largest absolute Gasteiger partial charge is 0.476 e. The highest BCUT2D eigenvalue weighted by Gasteiger charge is 2.29. The van der Waals surface area contributed by atoms with E-state index in [0.29, 0.717) is 5.56 Å². The zero-order chi connectivity index (χ0) is 17.9. The Hall–Kier alpha value is -2.84. The molecule has 0 unspecified atom stereocenters. The Morgan fingerprint density at radius 2 is 1.83 bits per heavy atom. The molecule has 0 atom stereocenters. The Balaban J connectivity index is 2.20. The number of carboxylic acid groups (broad SMARTS) is 1. The molecule has 1 heterocycles. The smallest absolute Gasteiger partial charge is 0.416 e. The van der Waals surface area contributed by atoms with Crippen LogP contribution in [-0.4, -0.2) is 28.2 Å². The highest BCUT2D eigenvalue weighted by molar-refractivity contribution is 5.87. The van der Waals surface area contributed by atoms with Crippen LogP contribution in [0.1, 0.15) is 27.2 Å². The van der Waals surface area contributed by atoms with E-state index >= 15 is 0 Å². The minimum absolute atomic E-state index is 0.0147. The number of aromatic carboxylic acids is 1. The summed E-state index contributed by atoms with van der Waals surface area (Å²) in [7, 11) is 1.27. The minimum Gasteiger partial charge on any atom is -0.476 e. The van der Waals surface area contributed by atoms with E-state index in [1.54, 1.807) is 0 Å². The molecule has 1 aromatic heterocycles. The number of rotatable bonds is 5. The standard InChI is InChI=1S/C15H13F3N2O4/c1-8-11(13(21)22)19-14(23-2)20-12(8)24-7-9-3-5-10(6-4-9)15(16,17)18/h3-6H,7H2,1-2H3,(H,21,22). The van der Waals surface area contributed by atoms with E-state index in [0.717, 1.165) is 12.1 Å². The second kappa shape index (κ2) is 6.73. The molecule has 9 heteroatoms. The monoisotopic (exact) mass is 342 g/mol. The van der Waals surface area contributed by atoms with Gasteiger partial charge in [-0.25, -0.2) is 4.79 Å². The van der Waals surface area contributed by atoms with Crippen molar-refractivity contribution in [2.45, 2.75) is 19.7 Å². The first-order chi connectivity index (χ1) is 11.2. The predicted octanol–water partition coefficient (Wildman–Crippen LogP) is 3.09. The summed E-state index contributed by atoms with van der Waals surface area (Å²) in [4.78, 5) is 18.8. The van der Waals surface area contributed by atoms with Crippen LogP contribution in [0, 0.1) is 6.92 Å². The Bertz CT molecular complexity index is 746. The van der Waals surface area contributed by atoms with Crippen LogP contribution in [0.15, 0.2) is 24.3 Å². The Kier molecular flexibility index (Phi) is 4.91. The van der Waals surface area contributed by atoms with Gasteiger partial charge in [0, 0.05) is 5.56 Å². The molecule has 2 aromatic rings. The van der Waals surface area contributed by atoms with E-state index in [1.807, 2.05) is 0 Å². The molecule has 6 nitrogen and oxygen atoms in total. The van der Waals surface area contributed by atoms with Crippen LogP contribution in [0.2, 0.25) is 0 Å². The van der Waals surface area contributed by atoms with Crippen LogP contribution in [-0.2, 0) is 12.8 Å². The number of methoxy groups -OCH3 is 1. The summed E-state index contributed by atoms with van der Waals surface area (Å²) in [5.41, 5.74) is -0.379. The lowest BCUT2D eigenvalue weighted by molar-refractivity contribution is -0.137. The Labute approximate surface area is 134 Å². The Morgan fingerprint density at radius 1 is 1.21 bits per heavy atom. The SMILES string of the molecule is COc1nc(OCc2ccc(C(F)(F)F)cc2)c(C)c(C(=O)O)n1. The van der Waals surface area contributed by atoms with Gasteiger partial charge in [0.05, 0.1) is 12.7 Å². The van der Waals surface area contributed by atoms with Crippen molar-refractivity contribution in [3.05, 3.63) is 46.6 Å². The zero-order valence-electron chi connectivity index (χ0n) is 12.7. The molecule has 0 amide bonds. The number of carbonyl (C=O) groups is 1. The molecule has 2 rings (SSSR count). The summed E-state index contributed by atoms with van der Waals surface area (Å²) in [5.74, 6) is -1.29. The summed E-state index contributed by atoms with van der Waals surface area (Å²) in [6.45, 7) is 1.38. The van der Waals surface area contributed by atoms with Gasteiger partial charge in [-0.2, -0.15) is 23.1 Å². The van der Waals surface area contributed by atoms with Crippen molar-refractivity contribution in [2.24, 2.45) is 0 Å². The van der Waals surface area contributed by atoms with Gasteiger partial charge in [-0.1, -0.05) is 12.1 Å². The molecular weight excluding hydrogens is 329 g/mol. The van der Waals surface area contributed by atoms with Crippen LogP contribution in [0.3, 0.4) is 0 Å². The molecule has 0 bridgehead atoms. The maximum absolute atomic E-state index is 12.5.